The predicted octanol–water partition coefficient (Wildman–Crippen LogP) is 2.80. The lowest BCUT2D eigenvalue weighted by molar-refractivity contribution is -0.137. The monoisotopic (exact) mass is 318 g/mol. The second-order valence-corrected chi connectivity index (χ2v) is 7.45. The third kappa shape index (κ3) is 3.00. The van der Waals surface area contributed by atoms with Crippen LogP contribution in [0.1, 0.15) is 24.5 Å². The van der Waals surface area contributed by atoms with Gasteiger partial charge in [-0.15, -0.1) is 11.8 Å². The normalized spacial score (nSPS) is 26.9. The Bertz CT molecular complexity index is 617. The molecule has 1 aromatic rings. The van der Waals surface area contributed by atoms with Crippen molar-refractivity contribution in [2.45, 2.75) is 33.2 Å². The van der Waals surface area contributed by atoms with Crippen molar-refractivity contribution in [3.05, 3.63) is 29.3 Å². The van der Waals surface area contributed by atoms with Crippen LogP contribution >= 0.6 is 11.8 Å². The number of anilines is 1. The number of carbonyl (C=O) groups excluding carboxylic acids is 2. The first kappa shape index (κ1) is 15.4. The lowest BCUT2D eigenvalue weighted by Gasteiger charge is -2.23. The van der Waals surface area contributed by atoms with Crippen molar-refractivity contribution in [2.75, 3.05) is 16.9 Å². The largest absolute Gasteiger partial charge is 0.324 e. The summed E-state index contributed by atoms with van der Waals surface area (Å²) < 4.78 is 0. The summed E-state index contributed by atoms with van der Waals surface area (Å²) in [5.41, 5.74) is 3.05. The minimum absolute atomic E-state index is 0.0707. The molecule has 1 aromatic carbocycles. The van der Waals surface area contributed by atoms with Crippen molar-refractivity contribution in [1.29, 1.82) is 0 Å². The number of carbonyl (C=O) groups is 2. The Kier molecular flexibility index (Phi) is 4.17. The first-order valence-corrected chi connectivity index (χ1v) is 8.89. The third-order valence-electron chi connectivity index (χ3n) is 4.53. The van der Waals surface area contributed by atoms with Gasteiger partial charge >= 0.3 is 0 Å². The smallest absolute Gasteiger partial charge is 0.248 e. The van der Waals surface area contributed by atoms with E-state index in [0.29, 0.717) is 17.5 Å². The first-order chi connectivity index (χ1) is 10.5. The molecule has 1 aliphatic carbocycles. The van der Waals surface area contributed by atoms with E-state index in [1.54, 1.807) is 16.7 Å². The Morgan fingerprint density at radius 1 is 1.32 bits per heavy atom. The molecule has 2 amide bonds. The molecule has 1 aliphatic heterocycles. The van der Waals surface area contributed by atoms with Gasteiger partial charge in [-0.25, -0.2) is 0 Å². The zero-order chi connectivity index (χ0) is 15.9. The molecule has 3 rings (SSSR count). The van der Waals surface area contributed by atoms with E-state index < -0.39 is 0 Å². The molecule has 2 aliphatic rings. The Balaban J connectivity index is 1.69. The number of nitrogens with zero attached hydrogens (tertiary/aromatic N) is 1. The Labute approximate surface area is 135 Å². The molecule has 2 fully saturated rings. The zero-order valence-corrected chi connectivity index (χ0v) is 14.1. The van der Waals surface area contributed by atoms with Crippen LogP contribution in [0.5, 0.6) is 0 Å². The Morgan fingerprint density at radius 2 is 2.05 bits per heavy atom. The molecule has 0 spiro atoms. The van der Waals surface area contributed by atoms with E-state index in [0.717, 1.165) is 17.7 Å². The molecule has 0 radical (unpaired) electrons. The van der Waals surface area contributed by atoms with Gasteiger partial charge in [0.25, 0.3) is 0 Å². The van der Waals surface area contributed by atoms with E-state index in [2.05, 4.69) is 12.2 Å². The number of rotatable bonds is 3. The molecule has 1 N–H and O–H groups in total. The summed E-state index contributed by atoms with van der Waals surface area (Å²) in [6, 6.07) is 5.63. The highest BCUT2D eigenvalue weighted by atomic mass is 32.2. The van der Waals surface area contributed by atoms with Crippen LogP contribution in [0.4, 0.5) is 5.69 Å². The molecule has 1 heterocycles. The molecule has 0 bridgehead atoms. The first-order valence-electron chi connectivity index (χ1n) is 7.73. The van der Waals surface area contributed by atoms with E-state index in [9.17, 15) is 9.59 Å². The van der Waals surface area contributed by atoms with Crippen molar-refractivity contribution < 1.29 is 9.59 Å². The molecule has 3 atom stereocenters. The second kappa shape index (κ2) is 5.95. The second-order valence-electron chi connectivity index (χ2n) is 6.45. The van der Waals surface area contributed by atoms with Crippen molar-refractivity contribution >= 4 is 29.3 Å². The minimum atomic E-state index is -0.342. The molecule has 118 valence electrons. The molecule has 1 saturated heterocycles. The number of aryl methyl sites for hydroxylation is 2. The van der Waals surface area contributed by atoms with Gasteiger partial charge in [0.05, 0.1) is 5.88 Å². The summed E-state index contributed by atoms with van der Waals surface area (Å²) in [6.45, 7) is 6.11. The molecular formula is C17H22N2O2S. The fraction of sp³-hybridized carbons (Fsp3) is 0.529. The quantitative estimate of drug-likeness (QED) is 0.932. The van der Waals surface area contributed by atoms with E-state index in [-0.39, 0.29) is 23.8 Å². The van der Waals surface area contributed by atoms with Gasteiger partial charge in [-0.3, -0.25) is 9.59 Å². The molecule has 5 heteroatoms. The number of hydrogen-bond acceptors (Lipinski definition) is 3. The fourth-order valence-electron chi connectivity index (χ4n) is 2.93. The highest BCUT2D eigenvalue weighted by Gasteiger charge is 2.45. The van der Waals surface area contributed by atoms with Crippen LogP contribution < -0.4 is 5.32 Å². The average Bonchev–Trinajstić information content (AvgIpc) is 3.01. The van der Waals surface area contributed by atoms with Crippen LogP contribution in [-0.4, -0.2) is 34.4 Å². The molecule has 4 nitrogen and oxygen atoms in total. The van der Waals surface area contributed by atoms with Crippen LogP contribution in [-0.2, 0) is 9.59 Å². The highest BCUT2D eigenvalue weighted by molar-refractivity contribution is 7.99. The van der Waals surface area contributed by atoms with Gasteiger partial charge in [0.1, 0.15) is 6.04 Å². The van der Waals surface area contributed by atoms with Gasteiger partial charge in [0, 0.05) is 17.4 Å². The summed E-state index contributed by atoms with van der Waals surface area (Å²) in [5, 5.41) is 2.99. The number of nitrogens with one attached hydrogen (secondary N) is 1. The highest BCUT2D eigenvalue weighted by Crippen LogP contribution is 2.41. The zero-order valence-electron chi connectivity index (χ0n) is 13.3. The van der Waals surface area contributed by atoms with Crippen molar-refractivity contribution in [2.24, 2.45) is 11.8 Å². The molecule has 0 aromatic heterocycles. The van der Waals surface area contributed by atoms with Crippen LogP contribution in [0, 0.1) is 25.7 Å². The number of amides is 2. The van der Waals surface area contributed by atoms with Crippen molar-refractivity contribution in [1.82, 2.24) is 4.90 Å². The van der Waals surface area contributed by atoms with Crippen LogP contribution in [0.3, 0.4) is 0 Å². The maximum absolute atomic E-state index is 12.6. The van der Waals surface area contributed by atoms with Gasteiger partial charge in [0.15, 0.2) is 0 Å². The van der Waals surface area contributed by atoms with Crippen LogP contribution in [0.25, 0.3) is 0 Å². The SMILES string of the molecule is Cc1ccc(NC(=O)[C@@H]2CSCN2C(=O)[C@H]2C[C@H]2C)c(C)c1. The number of thioether (sulfide) groups is 1. The van der Waals surface area contributed by atoms with Crippen molar-refractivity contribution in [3.63, 3.8) is 0 Å². The lowest BCUT2D eigenvalue weighted by atomic mass is 10.1. The Morgan fingerprint density at radius 3 is 2.68 bits per heavy atom. The summed E-state index contributed by atoms with van der Waals surface area (Å²) in [6.07, 6.45) is 0.964. The standard InChI is InChI=1S/C17H22N2O2S/c1-10-4-5-14(12(3)6-10)18-16(20)15-8-22-9-19(15)17(21)13-7-11(13)2/h4-6,11,13,15H,7-9H2,1-3H3,(H,18,20)/t11-,13+,15+/m1/s1. The maximum Gasteiger partial charge on any atom is 0.248 e. The van der Waals surface area contributed by atoms with Crippen molar-refractivity contribution in [3.8, 4) is 0 Å². The van der Waals surface area contributed by atoms with E-state index >= 15 is 0 Å². The van der Waals surface area contributed by atoms with Gasteiger partial charge in [0.2, 0.25) is 11.8 Å². The maximum atomic E-state index is 12.6. The number of benzene rings is 1. The van der Waals surface area contributed by atoms with E-state index in [4.69, 9.17) is 0 Å². The fourth-order valence-corrected chi connectivity index (χ4v) is 4.09. The summed E-state index contributed by atoms with van der Waals surface area (Å²) in [4.78, 5) is 26.8. The van der Waals surface area contributed by atoms with Crippen LogP contribution in [0.15, 0.2) is 18.2 Å². The summed E-state index contributed by atoms with van der Waals surface area (Å²) in [5.74, 6) is 2.00. The predicted molar refractivity (Wildman–Crippen MR) is 89.8 cm³/mol. The molecule has 1 saturated carbocycles. The Hall–Kier alpha value is -1.49. The average molecular weight is 318 g/mol. The minimum Gasteiger partial charge on any atom is -0.324 e. The van der Waals surface area contributed by atoms with E-state index in [1.807, 2.05) is 32.0 Å². The van der Waals surface area contributed by atoms with Gasteiger partial charge in [-0.2, -0.15) is 0 Å². The molecule has 22 heavy (non-hydrogen) atoms. The summed E-state index contributed by atoms with van der Waals surface area (Å²) in [7, 11) is 0. The number of hydrogen-bond donors (Lipinski definition) is 1. The third-order valence-corrected chi connectivity index (χ3v) is 5.55. The van der Waals surface area contributed by atoms with Crippen LogP contribution in [0.2, 0.25) is 0 Å². The lowest BCUT2D eigenvalue weighted by Crippen LogP contribution is -2.45. The summed E-state index contributed by atoms with van der Waals surface area (Å²) >= 11 is 1.65. The van der Waals surface area contributed by atoms with Gasteiger partial charge in [-0.05, 0) is 37.8 Å². The van der Waals surface area contributed by atoms with Gasteiger partial charge < -0.3 is 10.2 Å². The topological polar surface area (TPSA) is 49.4 Å². The van der Waals surface area contributed by atoms with Gasteiger partial charge in [-0.1, -0.05) is 24.6 Å². The molecule has 0 unspecified atom stereocenters. The van der Waals surface area contributed by atoms with E-state index in [1.165, 1.54) is 5.56 Å². The molecular weight excluding hydrogens is 296 g/mol.